The number of nitrogens with zero attached hydrogens (tertiary/aromatic N) is 1. The van der Waals surface area contributed by atoms with Gasteiger partial charge in [0, 0.05) is 24.2 Å². The van der Waals surface area contributed by atoms with E-state index in [1.54, 1.807) is 0 Å². The number of hydrogen-bond donors (Lipinski definition) is 0. The molecule has 0 atom stereocenters. The van der Waals surface area contributed by atoms with Crippen molar-refractivity contribution >= 4 is 15.8 Å². The van der Waals surface area contributed by atoms with Gasteiger partial charge in [-0.15, -0.1) is 0 Å². The molecule has 30 heavy (non-hydrogen) atoms. The number of rotatable bonds is 5. The second kappa shape index (κ2) is 7.29. The fourth-order valence-electron chi connectivity index (χ4n) is 2.90. The molecule has 0 aliphatic heterocycles. The molecule has 0 spiro atoms. The van der Waals surface area contributed by atoms with Crippen molar-refractivity contribution in [2.45, 2.75) is 42.4 Å². The number of carbonyl (C=O) groups is 1. The number of carbonyl (C=O) groups excluding carboxylic acids is 1. The number of benzene rings is 1. The molecule has 0 amide bonds. The molecule has 0 bridgehead atoms. The Morgan fingerprint density at radius 2 is 1.80 bits per heavy atom. The maximum atomic E-state index is 13.8. The topological polar surface area (TPSA) is 86.5 Å². The molecule has 1 heterocycles. The molecule has 1 fully saturated rings. The van der Waals surface area contributed by atoms with Crippen LogP contribution in [0.15, 0.2) is 27.7 Å². The van der Waals surface area contributed by atoms with E-state index < -0.39 is 56.4 Å². The second-order valence-corrected chi connectivity index (χ2v) is 8.73. The van der Waals surface area contributed by atoms with Crippen molar-refractivity contribution in [1.82, 2.24) is 5.16 Å². The van der Waals surface area contributed by atoms with Crippen molar-refractivity contribution < 1.29 is 48.8 Å². The van der Waals surface area contributed by atoms with Gasteiger partial charge in [-0.3, -0.25) is 0 Å². The quantitative estimate of drug-likeness (QED) is 0.383. The summed E-state index contributed by atoms with van der Waals surface area (Å²) in [5.74, 6) is -4.35. The van der Waals surface area contributed by atoms with Gasteiger partial charge in [-0.05, 0) is 24.5 Å². The van der Waals surface area contributed by atoms with Crippen molar-refractivity contribution in [3.8, 4) is 5.75 Å². The van der Waals surface area contributed by atoms with Gasteiger partial charge in [-0.25, -0.2) is 13.2 Å². The van der Waals surface area contributed by atoms with Crippen molar-refractivity contribution in [2.75, 3.05) is 6.26 Å². The van der Waals surface area contributed by atoms with Gasteiger partial charge in [-0.2, -0.15) is 26.3 Å². The van der Waals surface area contributed by atoms with Crippen LogP contribution in [-0.4, -0.2) is 32.0 Å². The van der Waals surface area contributed by atoms with E-state index in [1.165, 1.54) is 6.20 Å². The Morgan fingerprint density at radius 3 is 2.30 bits per heavy atom. The molecule has 0 radical (unpaired) electrons. The standard InChI is InChI=1S/C17H13F6NO5S/c1-30(26,27)11-5-4-9(6-10-7-24-29-13(10)8-2-3-8)12(16(18,19)20)14(11)28-15(25)17(21,22)23/h4-5,7-8H,2-3,6H2,1H3. The number of hydrogen-bond acceptors (Lipinski definition) is 6. The van der Waals surface area contributed by atoms with Gasteiger partial charge in [0.2, 0.25) is 0 Å². The summed E-state index contributed by atoms with van der Waals surface area (Å²) in [7, 11) is -4.47. The lowest BCUT2D eigenvalue weighted by Gasteiger charge is -2.20. The van der Waals surface area contributed by atoms with Gasteiger partial charge in [0.1, 0.15) is 16.2 Å². The maximum absolute atomic E-state index is 13.8. The minimum absolute atomic E-state index is 0.0188. The van der Waals surface area contributed by atoms with Gasteiger partial charge in [0.25, 0.3) is 0 Å². The second-order valence-electron chi connectivity index (χ2n) is 6.75. The van der Waals surface area contributed by atoms with Crippen LogP contribution in [0.3, 0.4) is 0 Å². The van der Waals surface area contributed by atoms with E-state index in [0.29, 0.717) is 18.1 Å². The Bertz CT molecular complexity index is 1080. The first-order chi connectivity index (χ1) is 13.7. The van der Waals surface area contributed by atoms with E-state index in [1.807, 2.05) is 0 Å². The summed E-state index contributed by atoms with van der Waals surface area (Å²) < 4.78 is 112. The van der Waals surface area contributed by atoms with Gasteiger partial charge in [-0.1, -0.05) is 11.2 Å². The van der Waals surface area contributed by atoms with E-state index in [4.69, 9.17) is 4.52 Å². The molecule has 1 aromatic carbocycles. The first kappa shape index (κ1) is 22.1. The molecule has 2 aromatic rings. The average Bonchev–Trinajstić information content (AvgIpc) is 3.31. The third-order valence-corrected chi connectivity index (χ3v) is 5.44. The van der Waals surface area contributed by atoms with Crippen molar-refractivity contribution in [1.29, 1.82) is 0 Å². The average molecular weight is 457 g/mol. The van der Waals surface area contributed by atoms with E-state index in [2.05, 4.69) is 9.89 Å². The molecule has 0 saturated heterocycles. The van der Waals surface area contributed by atoms with E-state index in [9.17, 15) is 39.6 Å². The fourth-order valence-corrected chi connectivity index (χ4v) is 3.69. The first-order valence-corrected chi connectivity index (χ1v) is 10.2. The number of sulfone groups is 1. The summed E-state index contributed by atoms with van der Waals surface area (Å²) in [4.78, 5) is 10.0. The Labute approximate surface area is 165 Å². The molecular weight excluding hydrogens is 444 g/mol. The highest BCUT2D eigenvalue weighted by Gasteiger charge is 2.46. The van der Waals surface area contributed by atoms with Crippen LogP contribution < -0.4 is 4.74 Å². The van der Waals surface area contributed by atoms with Crippen LogP contribution in [0.25, 0.3) is 0 Å². The molecule has 164 valence electrons. The lowest BCUT2D eigenvalue weighted by Crippen LogP contribution is -2.30. The molecule has 6 nitrogen and oxygen atoms in total. The molecule has 1 aliphatic carbocycles. The summed E-state index contributed by atoms with van der Waals surface area (Å²) in [6, 6.07) is 1.48. The highest BCUT2D eigenvalue weighted by atomic mass is 32.2. The van der Waals surface area contributed by atoms with Crippen LogP contribution in [0.1, 0.15) is 41.2 Å². The van der Waals surface area contributed by atoms with Crippen molar-refractivity contribution in [3.05, 3.63) is 40.8 Å². The smallest absolute Gasteiger partial charge is 0.418 e. The highest BCUT2D eigenvalue weighted by molar-refractivity contribution is 7.90. The van der Waals surface area contributed by atoms with E-state index >= 15 is 0 Å². The van der Waals surface area contributed by atoms with Crippen LogP contribution >= 0.6 is 0 Å². The third-order valence-electron chi connectivity index (χ3n) is 4.32. The Morgan fingerprint density at radius 1 is 1.17 bits per heavy atom. The molecule has 0 unspecified atom stereocenters. The van der Waals surface area contributed by atoms with Gasteiger partial charge in [0.05, 0.1) is 6.20 Å². The minimum atomic E-state index is -5.64. The zero-order valence-electron chi connectivity index (χ0n) is 15.1. The fraction of sp³-hybridized carbons (Fsp3) is 0.412. The molecule has 1 aliphatic rings. The van der Waals surface area contributed by atoms with E-state index in [-0.39, 0.29) is 11.5 Å². The Kier molecular flexibility index (Phi) is 5.37. The molecule has 13 heteroatoms. The summed E-state index contributed by atoms with van der Waals surface area (Å²) in [6.45, 7) is 0. The van der Waals surface area contributed by atoms with Crippen LogP contribution in [-0.2, 0) is 27.2 Å². The lowest BCUT2D eigenvalue weighted by molar-refractivity contribution is -0.190. The molecule has 1 aromatic heterocycles. The predicted octanol–water partition coefficient (Wildman–Crippen LogP) is 4.03. The zero-order chi connectivity index (χ0) is 22.5. The monoisotopic (exact) mass is 457 g/mol. The zero-order valence-corrected chi connectivity index (χ0v) is 15.9. The van der Waals surface area contributed by atoms with Gasteiger partial charge < -0.3 is 9.26 Å². The lowest BCUT2D eigenvalue weighted by atomic mass is 9.98. The highest BCUT2D eigenvalue weighted by Crippen LogP contribution is 2.46. The maximum Gasteiger partial charge on any atom is 0.491 e. The van der Waals surface area contributed by atoms with Crippen LogP contribution in [0, 0.1) is 0 Å². The first-order valence-electron chi connectivity index (χ1n) is 8.35. The van der Waals surface area contributed by atoms with Gasteiger partial charge >= 0.3 is 18.3 Å². The largest absolute Gasteiger partial charge is 0.491 e. The number of ether oxygens (including phenoxy) is 1. The predicted molar refractivity (Wildman–Crippen MR) is 87.5 cm³/mol. The van der Waals surface area contributed by atoms with Crippen LogP contribution in [0.2, 0.25) is 0 Å². The Balaban J connectivity index is 2.19. The number of aromatic nitrogens is 1. The summed E-state index contributed by atoms with van der Waals surface area (Å²) >= 11 is 0. The summed E-state index contributed by atoms with van der Waals surface area (Å²) in [6.07, 6.45) is -8.27. The van der Waals surface area contributed by atoms with E-state index in [0.717, 1.165) is 18.9 Å². The number of alkyl halides is 6. The van der Waals surface area contributed by atoms with Crippen molar-refractivity contribution in [2.24, 2.45) is 0 Å². The number of halogens is 6. The number of esters is 1. The minimum Gasteiger partial charge on any atom is -0.418 e. The molecular formula is C17H13F6NO5S. The molecule has 1 saturated carbocycles. The summed E-state index contributed by atoms with van der Waals surface area (Å²) in [5.41, 5.74) is -2.11. The Hall–Kier alpha value is -2.57. The SMILES string of the molecule is CS(=O)(=O)c1ccc(Cc2cnoc2C2CC2)c(C(F)(F)F)c1OC(=O)C(F)(F)F. The molecule has 0 N–H and O–H groups in total. The van der Waals surface area contributed by atoms with Crippen LogP contribution in [0.5, 0.6) is 5.75 Å². The van der Waals surface area contributed by atoms with Gasteiger partial charge in [0.15, 0.2) is 15.6 Å². The molecule has 3 rings (SSSR count). The normalized spacial score (nSPS) is 15.3. The van der Waals surface area contributed by atoms with Crippen molar-refractivity contribution in [3.63, 3.8) is 0 Å². The third kappa shape index (κ3) is 4.60. The summed E-state index contributed by atoms with van der Waals surface area (Å²) in [5, 5.41) is 3.55. The van der Waals surface area contributed by atoms with Crippen LogP contribution in [0.4, 0.5) is 26.3 Å².